The van der Waals surface area contributed by atoms with Crippen molar-refractivity contribution in [3.63, 3.8) is 0 Å². The van der Waals surface area contributed by atoms with E-state index in [1.165, 1.54) is 6.21 Å². The second-order valence-corrected chi connectivity index (χ2v) is 2.06. The second kappa shape index (κ2) is 1.58. The fourth-order valence-corrected chi connectivity index (χ4v) is 0.582. The molecule has 3 heteroatoms. The number of amides is 1. The SMILES string of the molecule is N=CC1(NC=O)CC1. The Kier molecular flexibility index (Phi) is 1.04. The van der Waals surface area contributed by atoms with Crippen molar-refractivity contribution in [1.29, 1.82) is 5.41 Å². The van der Waals surface area contributed by atoms with Gasteiger partial charge < -0.3 is 10.7 Å². The minimum atomic E-state index is -0.234. The predicted octanol–water partition coefficient (Wildman–Crippen LogP) is -0.0854. The van der Waals surface area contributed by atoms with Gasteiger partial charge in [-0.1, -0.05) is 0 Å². The molecule has 1 amide bonds. The minimum Gasteiger partial charge on any atom is -0.348 e. The third-order valence-corrected chi connectivity index (χ3v) is 1.41. The molecule has 0 radical (unpaired) electrons. The lowest BCUT2D eigenvalue weighted by Crippen LogP contribution is -2.30. The molecule has 0 aromatic heterocycles. The average Bonchev–Trinajstić information content (AvgIpc) is 2.50. The van der Waals surface area contributed by atoms with Crippen molar-refractivity contribution in [3.8, 4) is 0 Å². The highest BCUT2D eigenvalue weighted by Crippen LogP contribution is 2.31. The molecule has 3 nitrogen and oxygen atoms in total. The van der Waals surface area contributed by atoms with Gasteiger partial charge in [0.25, 0.3) is 0 Å². The molecule has 0 spiro atoms. The summed E-state index contributed by atoms with van der Waals surface area (Å²) in [4.78, 5) is 9.80. The van der Waals surface area contributed by atoms with Gasteiger partial charge in [0, 0.05) is 6.21 Å². The van der Waals surface area contributed by atoms with Crippen molar-refractivity contribution in [1.82, 2.24) is 5.32 Å². The lowest BCUT2D eigenvalue weighted by atomic mass is 10.3. The summed E-state index contributed by atoms with van der Waals surface area (Å²) in [5.41, 5.74) is -0.234. The Bertz CT molecular complexity index is 118. The van der Waals surface area contributed by atoms with E-state index in [-0.39, 0.29) is 5.54 Å². The van der Waals surface area contributed by atoms with Crippen molar-refractivity contribution >= 4 is 12.6 Å². The number of hydrogen-bond acceptors (Lipinski definition) is 2. The van der Waals surface area contributed by atoms with E-state index in [9.17, 15) is 4.79 Å². The number of carbonyl (C=O) groups is 1. The first-order valence-corrected chi connectivity index (χ1v) is 2.56. The fourth-order valence-electron chi connectivity index (χ4n) is 0.582. The number of rotatable bonds is 3. The molecule has 8 heavy (non-hydrogen) atoms. The van der Waals surface area contributed by atoms with Crippen molar-refractivity contribution < 1.29 is 4.79 Å². The van der Waals surface area contributed by atoms with E-state index >= 15 is 0 Å². The normalized spacial score (nSPS) is 21.5. The molecule has 1 rings (SSSR count). The van der Waals surface area contributed by atoms with E-state index in [1.54, 1.807) is 0 Å². The molecule has 1 fully saturated rings. The summed E-state index contributed by atoms with van der Waals surface area (Å²) in [5.74, 6) is 0. The Balaban J connectivity index is 2.40. The number of carbonyl (C=O) groups excluding carboxylic acids is 1. The highest BCUT2D eigenvalue weighted by molar-refractivity contribution is 5.75. The van der Waals surface area contributed by atoms with Crippen LogP contribution in [0.5, 0.6) is 0 Å². The zero-order chi connectivity index (χ0) is 6.04. The monoisotopic (exact) mass is 112 g/mol. The van der Waals surface area contributed by atoms with Crippen molar-refractivity contribution in [2.45, 2.75) is 18.4 Å². The molecule has 0 saturated heterocycles. The number of nitrogens with one attached hydrogen (secondary N) is 2. The van der Waals surface area contributed by atoms with Crippen LogP contribution in [0.1, 0.15) is 12.8 Å². The van der Waals surface area contributed by atoms with E-state index in [4.69, 9.17) is 5.41 Å². The van der Waals surface area contributed by atoms with E-state index in [0.717, 1.165) is 12.8 Å². The first kappa shape index (κ1) is 5.28. The molecule has 0 aliphatic heterocycles. The molecule has 0 unspecified atom stereocenters. The highest BCUT2D eigenvalue weighted by Gasteiger charge is 2.39. The van der Waals surface area contributed by atoms with Crippen LogP contribution in [-0.4, -0.2) is 18.2 Å². The zero-order valence-corrected chi connectivity index (χ0v) is 4.48. The molecular weight excluding hydrogens is 104 g/mol. The van der Waals surface area contributed by atoms with Gasteiger partial charge in [-0.3, -0.25) is 4.79 Å². The van der Waals surface area contributed by atoms with Gasteiger partial charge in [-0.15, -0.1) is 0 Å². The summed E-state index contributed by atoms with van der Waals surface area (Å²) in [6, 6.07) is 0. The zero-order valence-electron chi connectivity index (χ0n) is 4.48. The lowest BCUT2D eigenvalue weighted by molar-refractivity contribution is -0.109. The van der Waals surface area contributed by atoms with Crippen LogP contribution in [0.4, 0.5) is 0 Å². The Morgan fingerprint density at radius 1 is 1.62 bits per heavy atom. The van der Waals surface area contributed by atoms with E-state index < -0.39 is 0 Å². The molecule has 44 valence electrons. The van der Waals surface area contributed by atoms with E-state index in [1.807, 2.05) is 0 Å². The van der Waals surface area contributed by atoms with E-state index in [0.29, 0.717) is 6.41 Å². The maximum Gasteiger partial charge on any atom is 0.207 e. The van der Waals surface area contributed by atoms with Crippen LogP contribution in [0.3, 0.4) is 0 Å². The standard InChI is InChI=1S/C5H8N2O/c6-3-5(1-2-5)7-4-8/h3-4,6H,1-2H2,(H,7,8). The van der Waals surface area contributed by atoms with Gasteiger partial charge in [-0.05, 0) is 12.8 Å². The quantitative estimate of drug-likeness (QED) is 0.389. The third kappa shape index (κ3) is 0.710. The highest BCUT2D eigenvalue weighted by atomic mass is 16.1. The Labute approximate surface area is 47.6 Å². The minimum absolute atomic E-state index is 0.234. The molecule has 0 atom stereocenters. The summed E-state index contributed by atoms with van der Waals surface area (Å²) in [7, 11) is 0. The van der Waals surface area contributed by atoms with Crippen LogP contribution in [0.2, 0.25) is 0 Å². The predicted molar refractivity (Wildman–Crippen MR) is 29.9 cm³/mol. The third-order valence-electron chi connectivity index (χ3n) is 1.41. The van der Waals surface area contributed by atoms with Gasteiger partial charge in [0.2, 0.25) is 6.41 Å². The summed E-state index contributed by atoms with van der Waals surface area (Å²) >= 11 is 0. The molecule has 1 aliphatic carbocycles. The molecule has 2 N–H and O–H groups in total. The van der Waals surface area contributed by atoms with Crippen molar-refractivity contribution in [2.24, 2.45) is 0 Å². The Morgan fingerprint density at radius 3 is 2.38 bits per heavy atom. The van der Waals surface area contributed by atoms with E-state index in [2.05, 4.69) is 5.32 Å². The summed E-state index contributed by atoms with van der Waals surface area (Å²) < 4.78 is 0. The molecular formula is C5H8N2O. The van der Waals surface area contributed by atoms with Crippen LogP contribution in [0.25, 0.3) is 0 Å². The van der Waals surface area contributed by atoms with Crippen molar-refractivity contribution in [2.75, 3.05) is 0 Å². The Hall–Kier alpha value is -0.860. The van der Waals surface area contributed by atoms with Crippen molar-refractivity contribution in [3.05, 3.63) is 0 Å². The maximum atomic E-state index is 9.80. The maximum absolute atomic E-state index is 9.80. The van der Waals surface area contributed by atoms with Crippen LogP contribution in [0.15, 0.2) is 0 Å². The van der Waals surface area contributed by atoms with Crippen LogP contribution in [0, 0.1) is 5.41 Å². The van der Waals surface area contributed by atoms with Gasteiger partial charge in [-0.25, -0.2) is 0 Å². The van der Waals surface area contributed by atoms with Gasteiger partial charge in [0.1, 0.15) is 0 Å². The molecule has 0 heterocycles. The van der Waals surface area contributed by atoms with Gasteiger partial charge in [-0.2, -0.15) is 0 Å². The largest absolute Gasteiger partial charge is 0.348 e. The smallest absolute Gasteiger partial charge is 0.207 e. The lowest BCUT2D eigenvalue weighted by Gasteiger charge is -2.02. The van der Waals surface area contributed by atoms with Gasteiger partial charge in [0.15, 0.2) is 0 Å². The summed E-state index contributed by atoms with van der Waals surface area (Å²) in [6.45, 7) is 0. The van der Waals surface area contributed by atoms with Gasteiger partial charge >= 0.3 is 0 Å². The molecule has 0 aromatic carbocycles. The second-order valence-electron chi connectivity index (χ2n) is 2.06. The first-order valence-electron chi connectivity index (χ1n) is 2.56. The Morgan fingerprint density at radius 2 is 2.25 bits per heavy atom. The topological polar surface area (TPSA) is 53.0 Å². The van der Waals surface area contributed by atoms with Crippen LogP contribution < -0.4 is 5.32 Å². The van der Waals surface area contributed by atoms with Crippen LogP contribution >= 0.6 is 0 Å². The summed E-state index contributed by atoms with van der Waals surface area (Å²) in [5, 5.41) is 9.38. The molecule has 1 saturated carbocycles. The number of hydrogen-bond donors (Lipinski definition) is 2. The van der Waals surface area contributed by atoms with Crippen LogP contribution in [-0.2, 0) is 4.79 Å². The molecule has 0 aromatic rings. The first-order chi connectivity index (χ1) is 3.83. The van der Waals surface area contributed by atoms with Gasteiger partial charge in [0.05, 0.1) is 5.54 Å². The fraction of sp³-hybridized carbons (Fsp3) is 0.600. The average molecular weight is 112 g/mol. The molecule has 0 bridgehead atoms. The molecule has 1 aliphatic rings. The summed E-state index contributed by atoms with van der Waals surface area (Å²) in [6.07, 6.45) is 3.80.